The van der Waals surface area contributed by atoms with E-state index in [1.807, 2.05) is 0 Å². The van der Waals surface area contributed by atoms with Crippen molar-refractivity contribution in [2.75, 3.05) is 7.11 Å². The minimum atomic E-state index is -0.528. The van der Waals surface area contributed by atoms with Gasteiger partial charge in [-0.15, -0.1) is 0 Å². The van der Waals surface area contributed by atoms with E-state index in [1.54, 1.807) is 12.1 Å². The van der Waals surface area contributed by atoms with Crippen molar-refractivity contribution in [3.63, 3.8) is 0 Å². The molecule has 0 amide bonds. The fourth-order valence-corrected chi connectivity index (χ4v) is 1.65. The Bertz CT molecular complexity index is 427. The maximum atomic E-state index is 13.6. The second kappa shape index (κ2) is 3.87. The van der Waals surface area contributed by atoms with Crippen LogP contribution in [0.15, 0.2) is 18.2 Å². The number of hydrogen-bond donors (Lipinski definition) is 1. The van der Waals surface area contributed by atoms with E-state index in [9.17, 15) is 9.18 Å². The molecule has 1 aliphatic carbocycles. The number of benzene rings is 1. The van der Waals surface area contributed by atoms with Gasteiger partial charge >= 0.3 is 5.97 Å². The highest BCUT2D eigenvalue weighted by molar-refractivity contribution is 5.89. The first-order valence-electron chi connectivity index (χ1n) is 5.20. The Morgan fingerprint density at radius 1 is 1.56 bits per heavy atom. The van der Waals surface area contributed by atoms with Crippen molar-refractivity contribution in [3.05, 3.63) is 35.1 Å². The van der Waals surface area contributed by atoms with Crippen molar-refractivity contribution >= 4 is 5.97 Å². The number of nitrogens with two attached hydrogens (primary N) is 1. The SMILES string of the molecule is COC(=O)c1ccc(CC2(N)CC2)c(F)c1. The standard InChI is InChI=1S/C12H14FNO2/c1-16-11(15)8-2-3-9(10(13)6-8)7-12(14)4-5-12/h2-3,6H,4-5,7,14H2,1H3. The highest BCUT2D eigenvalue weighted by Crippen LogP contribution is 2.36. The molecule has 0 saturated heterocycles. The van der Waals surface area contributed by atoms with Crippen LogP contribution in [0.3, 0.4) is 0 Å². The maximum absolute atomic E-state index is 13.6. The zero-order valence-corrected chi connectivity index (χ0v) is 9.13. The van der Waals surface area contributed by atoms with Crippen LogP contribution in [0.5, 0.6) is 0 Å². The maximum Gasteiger partial charge on any atom is 0.337 e. The third kappa shape index (κ3) is 2.22. The number of methoxy groups -OCH3 is 1. The van der Waals surface area contributed by atoms with Crippen molar-refractivity contribution in [2.24, 2.45) is 5.73 Å². The van der Waals surface area contributed by atoms with Gasteiger partial charge in [0.25, 0.3) is 0 Å². The first kappa shape index (κ1) is 11.1. The van der Waals surface area contributed by atoms with Gasteiger partial charge in [0.15, 0.2) is 0 Å². The normalized spacial score (nSPS) is 16.9. The fraction of sp³-hybridized carbons (Fsp3) is 0.417. The quantitative estimate of drug-likeness (QED) is 0.793. The lowest BCUT2D eigenvalue weighted by molar-refractivity contribution is 0.0600. The molecule has 0 atom stereocenters. The van der Waals surface area contributed by atoms with Gasteiger partial charge in [0.1, 0.15) is 5.82 Å². The second-order valence-corrected chi connectivity index (χ2v) is 4.34. The Balaban J connectivity index is 2.19. The summed E-state index contributed by atoms with van der Waals surface area (Å²) in [5.41, 5.74) is 6.47. The number of ether oxygens (including phenoxy) is 1. The van der Waals surface area contributed by atoms with Gasteiger partial charge in [0, 0.05) is 5.54 Å². The van der Waals surface area contributed by atoms with Crippen LogP contribution in [0, 0.1) is 5.82 Å². The summed E-state index contributed by atoms with van der Waals surface area (Å²) in [5, 5.41) is 0. The molecule has 1 aromatic rings. The van der Waals surface area contributed by atoms with Crippen LogP contribution in [0.1, 0.15) is 28.8 Å². The number of esters is 1. The molecule has 3 nitrogen and oxygen atoms in total. The third-order valence-corrected chi connectivity index (χ3v) is 2.91. The van der Waals surface area contributed by atoms with E-state index in [2.05, 4.69) is 4.74 Å². The van der Waals surface area contributed by atoms with E-state index in [0.717, 1.165) is 12.8 Å². The highest BCUT2D eigenvalue weighted by atomic mass is 19.1. The van der Waals surface area contributed by atoms with Gasteiger partial charge < -0.3 is 10.5 Å². The molecular weight excluding hydrogens is 209 g/mol. The molecule has 2 rings (SSSR count). The summed E-state index contributed by atoms with van der Waals surface area (Å²) < 4.78 is 18.2. The molecular formula is C12H14FNO2. The summed E-state index contributed by atoms with van der Waals surface area (Å²) in [6.45, 7) is 0. The van der Waals surface area contributed by atoms with Crippen molar-refractivity contribution in [1.82, 2.24) is 0 Å². The molecule has 86 valence electrons. The number of halogens is 1. The van der Waals surface area contributed by atoms with E-state index in [1.165, 1.54) is 13.2 Å². The molecule has 1 aliphatic rings. The monoisotopic (exact) mass is 223 g/mol. The topological polar surface area (TPSA) is 52.3 Å². The van der Waals surface area contributed by atoms with Crippen LogP contribution < -0.4 is 5.73 Å². The first-order valence-corrected chi connectivity index (χ1v) is 5.20. The minimum absolute atomic E-state index is 0.227. The number of carbonyl (C=O) groups is 1. The van der Waals surface area contributed by atoms with Crippen molar-refractivity contribution in [1.29, 1.82) is 0 Å². The molecule has 0 bridgehead atoms. The summed E-state index contributed by atoms with van der Waals surface area (Å²) in [4.78, 5) is 11.2. The number of carbonyl (C=O) groups excluding carboxylic acids is 1. The Kier molecular flexibility index (Phi) is 2.68. The molecule has 1 aromatic carbocycles. The predicted molar refractivity (Wildman–Crippen MR) is 57.6 cm³/mol. The van der Waals surface area contributed by atoms with Crippen LogP contribution in [0.25, 0.3) is 0 Å². The van der Waals surface area contributed by atoms with Crippen LogP contribution in [0.2, 0.25) is 0 Å². The van der Waals surface area contributed by atoms with E-state index in [-0.39, 0.29) is 16.9 Å². The highest BCUT2D eigenvalue weighted by Gasteiger charge is 2.38. The molecule has 0 aliphatic heterocycles. The Morgan fingerprint density at radius 3 is 2.75 bits per heavy atom. The van der Waals surface area contributed by atoms with Gasteiger partial charge in [-0.2, -0.15) is 0 Å². The second-order valence-electron chi connectivity index (χ2n) is 4.34. The smallest absolute Gasteiger partial charge is 0.337 e. The van der Waals surface area contributed by atoms with E-state index >= 15 is 0 Å². The summed E-state index contributed by atoms with van der Waals surface area (Å²) >= 11 is 0. The van der Waals surface area contributed by atoms with Crippen LogP contribution in [-0.2, 0) is 11.2 Å². The molecule has 4 heteroatoms. The Hall–Kier alpha value is -1.42. The summed E-state index contributed by atoms with van der Waals surface area (Å²) in [6.07, 6.45) is 2.40. The van der Waals surface area contributed by atoms with Crippen LogP contribution in [0.4, 0.5) is 4.39 Å². The predicted octanol–water partition coefficient (Wildman–Crippen LogP) is 1.65. The van der Waals surface area contributed by atoms with Crippen LogP contribution in [-0.4, -0.2) is 18.6 Å². The van der Waals surface area contributed by atoms with Gasteiger partial charge in [-0.3, -0.25) is 0 Å². The zero-order valence-electron chi connectivity index (χ0n) is 9.13. The van der Waals surface area contributed by atoms with E-state index < -0.39 is 5.97 Å². The molecule has 0 radical (unpaired) electrons. The average Bonchev–Trinajstić information content (AvgIpc) is 2.98. The molecule has 0 heterocycles. The molecule has 16 heavy (non-hydrogen) atoms. The van der Waals surface area contributed by atoms with Crippen LogP contribution >= 0.6 is 0 Å². The van der Waals surface area contributed by atoms with Gasteiger partial charge in [-0.25, -0.2) is 9.18 Å². The van der Waals surface area contributed by atoms with Gasteiger partial charge in [0.2, 0.25) is 0 Å². The molecule has 1 fully saturated rings. The van der Waals surface area contributed by atoms with E-state index in [0.29, 0.717) is 12.0 Å². The van der Waals surface area contributed by atoms with Gasteiger partial charge in [-0.05, 0) is 37.0 Å². The van der Waals surface area contributed by atoms with Crippen molar-refractivity contribution in [3.8, 4) is 0 Å². The summed E-state index contributed by atoms with van der Waals surface area (Å²) in [6, 6.07) is 4.37. The third-order valence-electron chi connectivity index (χ3n) is 2.91. The summed E-state index contributed by atoms with van der Waals surface area (Å²) in [5.74, 6) is -0.918. The van der Waals surface area contributed by atoms with Gasteiger partial charge in [0.05, 0.1) is 12.7 Å². The van der Waals surface area contributed by atoms with Gasteiger partial charge in [-0.1, -0.05) is 6.07 Å². The first-order chi connectivity index (χ1) is 7.54. The molecule has 0 aromatic heterocycles. The lowest BCUT2D eigenvalue weighted by atomic mass is 10.0. The molecule has 2 N–H and O–H groups in total. The molecule has 0 spiro atoms. The zero-order chi connectivity index (χ0) is 11.8. The minimum Gasteiger partial charge on any atom is -0.465 e. The average molecular weight is 223 g/mol. The molecule has 0 unspecified atom stereocenters. The lowest BCUT2D eigenvalue weighted by Gasteiger charge is -2.10. The van der Waals surface area contributed by atoms with Crippen molar-refractivity contribution < 1.29 is 13.9 Å². The summed E-state index contributed by atoms with van der Waals surface area (Å²) in [7, 11) is 1.27. The largest absolute Gasteiger partial charge is 0.465 e. The fourth-order valence-electron chi connectivity index (χ4n) is 1.65. The number of hydrogen-bond acceptors (Lipinski definition) is 3. The Labute approximate surface area is 93.4 Å². The van der Waals surface area contributed by atoms with E-state index in [4.69, 9.17) is 5.73 Å². The van der Waals surface area contributed by atoms with Crippen molar-refractivity contribution in [2.45, 2.75) is 24.8 Å². The Morgan fingerprint density at radius 2 is 2.25 bits per heavy atom. The lowest BCUT2D eigenvalue weighted by Crippen LogP contribution is -2.25. The molecule has 1 saturated carbocycles. The number of rotatable bonds is 3.